The van der Waals surface area contributed by atoms with Gasteiger partial charge in [-0.15, -0.1) is 0 Å². The second-order valence-corrected chi connectivity index (χ2v) is 6.09. The van der Waals surface area contributed by atoms with Crippen molar-refractivity contribution in [2.24, 2.45) is 5.92 Å². The van der Waals surface area contributed by atoms with Gasteiger partial charge in [-0.2, -0.15) is 0 Å². The Bertz CT molecular complexity index is 226. The normalized spacial score (nSPS) is 12.6. The third-order valence-corrected chi connectivity index (χ3v) is 4.05. The molecule has 5 nitrogen and oxygen atoms in total. The first kappa shape index (κ1) is 23.8. The molecule has 0 aliphatic rings. The molecule has 0 saturated heterocycles. The number of hydrogen-bond donors (Lipinski definition) is 1. The molecular formula is C19H40O5. The Morgan fingerprint density at radius 2 is 1.12 bits per heavy atom. The summed E-state index contributed by atoms with van der Waals surface area (Å²) in [5, 5.41) is 8.53. The lowest BCUT2D eigenvalue weighted by atomic mass is 9.94. The van der Waals surface area contributed by atoms with Gasteiger partial charge in [-0.25, -0.2) is 0 Å². The lowest BCUT2D eigenvalue weighted by Gasteiger charge is -2.14. The smallest absolute Gasteiger partial charge is 0.0701 e. The van der Waals surface area contributed by atoms with Gasteiger partial charge in [-0.3, -0.25) is 0 Å². The van der Waals surface area contributed by atoms with Crippen molar-refractivity contribution in [2.45, 2.75) is 58.8 Å². The van der Waals surface area contributed by atoms with Gasteiger partial charge in [0.2, 0.25) is 0 Å². The van der Waals surface area contributed by atoms with Crippen LogP contribution in [0.2, 0.25) is 0 Å². The SMILES string of the molecule is CCCCCC(CC)CCCOCCOCCOCCOCCO. The van der Waals surface area contributed by atoms with Crippen LogP contribution >= 0.6 is 0 Å². The molecule has 0 fully saturated rings. The Morgan fingerprint density at radius 3 is 1.62 bits per heavy atom. The van der Waals surface area contributed by atoms with Gasteiger partial charge in [0.15, 0.2) is 0 Å². The number of ether oxygens (including phenoxy) is 4. The summed E-state index contributed by atoms with van der Waals surface area (Å²) in [5.74, 6) is 0.870. The van der Waals surface area contributed by atoms with Crippen molar-refractivity contribution in [3.05, 3.63) is 0 Å². The minimum atomic E-state index is 0.0566. The highest BCUT2D eigenvalue weighted by Gasteiger charge is 2.05. The van der Waals surface area contributed by atoms with Gasteiger partial charge >= 0.3 is 0 Å². The van der Waals surface area contributed by atoms with Crippen LogP contribution < -0.4 is 0 Å². The highest BCUT2D eigenvalue weighted by molar-refractivity contribution is 4.58. The fourth-order valence-electron chi connectivity index (χ4n) is 2.54. The molecule has 0 spiro atoms. The molecule has 0 aromatic carbocycles. The molecule has 0 radical (unpaired) electrons. The van der Waals surface area contributed by atoms with E-state index in [1.807, 2.05) is 0 Å². The second-order valence-electron chi connectivity index (χ2n) is 6.09. The monoisotopic (exact) mass is 348 g/mol. The molecular weight excluding hydrogens is 308 g/mol. The first-order valence-corrected chi connectivity index (χ1v) is 9.76. The van der Waals surface area contributed by atoms with Crippen LogP contribution in [0.1, 0.15) is 58.8 Å². The number of unbranched alkanes of at least 4 members (excludes halogenated alkanes) is 2. The molecule has 0 rings (SSSR count). The van der Waals surface area contributed by atoms with Crippen LogP contribution in [0.25, 0.3) is 0 Å². The molecule has 1 N–H and O–H groups in total. The minimum Gasteiger partial charge on any atom is -0.394 e. The molecule has 0 aliphatic heterocycles. The van der Waals surface area contributed by atoms with Crippen molar-refractivity contribution in [3.63, 3.8) is 0 Å². The summed E-state index contributed by atoms with van der Waals surface area (Å²) in [4.78, 5) is 0. The summed E-state index contributed by atoms with van der Waals surface area (Å²) in [6, 6.07) is 0. The fourth-order valence-corrected chi connectivity index (χ4v) is 2.54. The summed E-state index contributed by atoms with van der Waals surface area (Å²) in [7, 11) is 0. The molecule has 1 atom stereocenters. The molecule has 0 bridgehead atoms. The lowest BCUT2D eigenvalue weighted by molar-refractivity contribution is -0.00597. The van der Waals surface area contributed by atoms with Crippen molar-refractivity contribution >= 4 is 0 Å². The molecule has 5 heteroatoms. The molecule has 0 saturated carbocycles. The molecule has 1 unspecified atom stereocenters. The van der Waals surface area contributed by atoms with Crippen molar-refractivity contribution in [1.82, 2.24) is 0 Å². The first-order valence-electron chi connectivity index (χ1n) is 9.76. The van der Waals surface area contributed by atoms with E-state index in [-0.39, 0.29) is 6.61 Å². The van der Waals surface area contributed by atoms with Crippen LogP contribution in [-0.2, 0) is 18.9 Å². The third kappa shape index (κ3) is 18.1. The standard InChI is InChI=1S/C19H40O5/c1-3-5-6-8-19(4-2)9-7-11-21-13-15-23-17-18-24-16-14-22-12-10-20/h19-20H,3-18H2,1-2H3. The quantitative estimate of drug-likeness (QED) is 0.342. The van der Waals surface area contributed by atoms with E-state index < -0.39 is 0 Å². The zero-order valence-electron chi connectivity index (χ0n) is 16.0. The van der Waals surface area contributed by atoms with Crippen molar-refractivity contribution in [3.8, 4) is 0 Å². The van der Waals surface area contributed by atoms with Gasteiger partial charge in [0.05, 0.1) is 52.9 Å². The van der Waals surface area contributed by atoms with Crippen LogP contribution in [0.3, 0.4) is 0 Å². The highest BCUT2D eigenvalue weighted by Crippen LogP contribution is 2.18. The average Bonchev–Trinajstić information content (AvgIpc) is 2.60. The van der Waals surface area contributed by atoms with Crippen LogP contribution in [0.5, 0.6) is 0 Å². The average molecular weight is 349 g/mol. The fraction of sp³-hybridized carbons (Fsp3) is 1.00. The van der Waals surface area contributed by atoms with E-state index in [9.17, 15) is 0 Å². The third-order valence-electron chi connectivity index (χ3n) is 4.05. The van der Waals surface area contributed by atoms with Crippen LogP contribution in [-0.4, -0.2) is 64.6 Å². The van der Waals surface area contributed by atoms with Gasteiger partial charge in [-0.05, 0) is 18.8 Å². The van der Waals surface area contributed by atoms with Crippen LogP contribution in [0.4, 0.5) is 0 Å². The maximum Gasteiger partial charge on any atom is 0.0701 e. The molecule has 0 aromatic rings. The summed E-state index contributed by atoms with van der Waals surface area (Å²) < 4.78 is 21.5. The van der Waals surface area contributed by atoms with Crippen molar-refractivity contribution in [2.75, 3.05) is 59.5 Å². The molecule has 24 heavy (non-hydrogen) atoms. The van der Waals surface area contributed by atoms with Crippen molar-refractivity contribution in [1.29, 1.82) is 0 Å². The molecule has 0 heterocycles. The van der Waals surface area contributed by atoms with E-state index >= 15 is 0 Å². The van der Waals surface area contributed by atoms with E-state index in [1.165, 1.54) is 38.5 Å². The van der Waals surface area contributed by atoms with Gasteiger partial charge in [0.1, 0.15) is 0 Å². The topological polar surface area (TPSA) is 57.2 Å². The molecule has 0 aliphatic carbocycles. The van der Waals surface area contributed by atoms with Gasteiger partial charge < -0.3 is 24.1 Å². The Morgan fingerprint density at radius 1 is 0.625 bits per heavy atom. The Hall–Kier alpha value is -0.200. The van der Waals surface area contributed by atoms with Crippen LogP contribution in [0, 0.1) is 5.92 Å². The number of aliphatic hydroxyl groups excluding tert-OH is 1. The number of aliphatic hydroxyl groups is 1. The zero-order chi connectivity index (χ0) is 17.7. The maximum absolute atomic E-state index is 8.53. The predicted molar refractivity (Wildman–Crippen MR) is 97.5 cm³/mol. The number of rotatable bonds is 20. The summed E-state index contributed by atoms with van der Waals surface area (Å²) in [6.07, 6.45) is 9.15. The second kappa shape index (κ2) is 20.8. The summed E-state index contributed by atoms with van der Waals surface area (Å²) in [5.41, 5.74) is 0. The van der Waals surface area contributed by atoms with E-state index in [2.05, 4.69) is 13.8 Å². The van der Waals surface area contributed by atoms with Gasteiger partial charge in [0, 0.05) is 6.61 Å². The molecule has 0 amide bonds. The highest BCUT2D eigenvalue weighted by atomic mass is 16.6. The molecule has 146 valence electrons. The first-order chi connectivity index (χ1) is 11.8. The zero-order valence-corrected chi connectivity index (χ0v) is 16.0. The van der Waals surface area contributed by atoms with E-state index in [1.54, 1.807) is 0 Å². The van der Waals surface area contributed by atoms with Gasteiger partial charge in [-0.1, -0.05) is 46.0 Å². The Balaban J connectivity index is 3.16. The largest absolute Gasteiger partial charge is 0.394 e. The Labute approximate surface area is 149 Å². The lowest BCUT2D eigenvalue weighted by Crippen LogP contribution is -2.13. The van der Waals surface area contributed by atoms with E-state index in [4.69, 9.17) is 24.1 Å². The minimum absolute atomic E-state index is 0.0566. The van der Waals surface area contributed by atoms with Crippen molar-refractivity contribution < 1.29 is 24.1 Å². The molecule has 0 aromatic heterocycles. The number of hydrogen-bond acceptors (Lipinski definition) is 5. The summed E-state index contributed by atoms with van der Waals surface area (Å²) >= 11 is 0. The van der Waals surface area contributed by atoms with Gasteiger partial charge in [0.25, 0.3) is 0 Å². The maximum atomic E-state index is 8.53. The van der Waals surface area contributed by atoms with Crippen LogP contribution in [0.15, 0.2) is 0 Å². The summed E-state index contributed by atoms with van der Waals surface area (Å²) in [6.45, 7) is 9.31. The predicted octanol–water partition coefficient (Wildman–Crippen LogP) is 3.43. The van der Waals surface area contributed by atoms with E-state index in [0.717, 1.165) is 18.9 Å². The Kier molecular flexibility index (Phi) is 20.7. The van der Waals surface area contributed by atoms with E-state index in [0.29, 0.717) is 46.2 Å².